The maximum Gasteiger partial charge on any atom is 0.433 e. The fourth-order valence-electron chi connectivity index (χ4n) is 2.57. The quantitative estimate of drug-likeness (QED) is 0.860. The zero-order valence-electron chi connectivity index (χ0n) is 12.7. The summed E-state index contributed by atoms with van der Waals surface area (Å²) in [6, 6.07) is 2.86. The summed E-state index contributed by atoms with van der Waals surface area (Å²) < 4.78 is 49.8. The highest BCUT2D eigenvalue weighted by Gasteiger charge is 2.34. The lowest BCUT2D eigenvalue weighted by atomic mass is 10.1. The number of halogens is 3. The van der Waals surface area contributed by atoms with Crippen LogP contribution in [-0.2, 0) is 17.5 Å². The summed E-state index contributed by atoms with van der Waals surface area (Å²) in [4.78, 5) is 3.64. The molecule has 0 aliphatic carbocycles. The highest BCUT2D eigenvalue weighted by molar-refractivity contribution is 5.27. The fourth-order valence-corrected chi connectivity index (χ4v) is 2.57. The van der Waals surface area contributed by atoms with Crippen LogP contribution in [0.15, 0.2) is 12.1 Å². The predicted molar refractivity (Wildman–Crippen MR) is 77.2 cm³/mol. The van der Waals surface area contributed by atoms with E-state index in [1.165, 1.54) is 0 Å². The Kier molecular flexibility index (Phi) is 5.03. The van der Waals surface area contributed by atoms with E-state index >= 15 is 0 Å². The normalized spacial score (nSPS) is 20.3. The van der Waals surface area contributed by atoms with Crippen LogP contribution in [0.4, 0.5) is 13.2 Å². The van der Waals surface area contributed by atoms with Gasteiger partial charge in [-0.25, -0.2) is 4.98 Å². The Bertz CT molecular complexity index is 529. The zero-order chi connectivity index (χ0) is 16.3. The zero-order valence-corrected chi connectivity index (χ0v) is 12.7. The van der Waals surface area contributed by atoms with Crippen LogP contribution >= 0.6 is 0 Å². The summed E-state index contributed by atoms with van der Waals surface area (Å²) in [7, 11) is 0. The van der Waals surface area contributed by atoms with Gasteiger partial charge in [0.15, 0.2) is 0 Å². The number of pyridine rings is 1. The molecule has 3 rings (SSSR count). The Morgan fingerprint density at radius 3 is 2.61 bits per heavy atom. The molecule has 2 fully saturated rings. The van der Waals surface area contributed by atoms with Crippen LogP contribution in [0.5, 0.6) is 5.88 Å². The van der Waals surface area contributed by atoms with Gasteiger partial charge in [-0.1, -0.05) is 0 Å². The number of ether oxygens (including phenoxy) is 2. The molecular formula is C15H20F3N3O2. The van der Waals surface area contributed by atoms with Crippen molar-refractivity contribution in [3.63, 3.8) is 0 Å². The van der Waals surface area contributed by atoms with Gasteiger partial charge in [-0.3, -0.25) is 0 Å². The third-order valence-electron chi connectivity index (χ3n) is 3.96. The Morgan fingerprint density at radius 2 is 2.00 bits per heavy atom. The molecule has 0 unspecified atom stereocenters. The number of hydrogen-bond donors (Lipinski definition) is 2. The molecule has 3 heterocycles. The van der Waals surface area contributed by atoms with Gasteiger partial charge in [-0.15, -0.1) is 0 Å². The van der Waals surface area contributed by atoms with Gasteiger partial charge in [-0.2, -0.15) is 13.2 Å². The van der Waals surface area contributed by atoms with Gasteiger partial charge in [-0.05, 0) is 37.6 Å². The van der Waals surface area contributed by atoms with E-state index in [2.05, 4.69) is 15.6 Å². The van der Waals surface area contributed by atoms with E-state index in [1.807, 2.05) is 0 Å². The molecule has 8 heteroatoms. The Labute approximate surface area is 132 Å². The molecule has 1 aromatic heterocycles. The van der Waals surface area contributed by atoms with Crippen molar-refractivity contribution in [1.82, 2.24) is 15.6 Å². The van der Waals surface area contributed by atoms with E-state index in [0.29, 0.717) is 25.3 Å². The molecule has 2 N–H and O–H groups in total. The van der Waals surface area contributed by atoms with Crippen LogP contribution in [0.25, 0.3) is 0 Å². The summed E-state index contributed by atoms with van der Waals surface area (Å²) in [6.45, 7) is 3.13. The molecule has 2 saturated heterocycles. The third-order valence-corrected chi connectivity index (χ3v) is 3.96. The van der Waals surface area contributed by atoms with E-state index in [0.717, 1.165) is 32.0 Å². The van der Waals surface area contributed by atoms with Crippen LogP contribution in [0.2, 0.25) is 0 Å². The number of hydrogen-bond acceptors (Lipinski definition) is 5. The molecule has 0 radical (unpaired) electrons. The number of nitrogens with zero attached hydrogens (tertiary/aromatic N) is 1. The van der Waals surface area contributed by atoms with Crippen molar-refractivity contribution in [2.24, 2.45) is 0 Å². The standard InChI is InChI=1S/C15H20F3N3O2/c16-15(17,18)13-5-10(7-20-11-8-22-9-11)6-14(21-13)23-12-1-3-19-4-2-12/h5-6,11-12,19-20H,1-4,7-9H2. The van der Waals surface area contributed by atoms with Crippen molar-refractivity contribution >= 4 is 0 Å². The molecule has 0 saturated carbocycles. The Balaban J connectivity index is 1.72. The SMILES string of the molecule is FC(F)(F)c1cc(CNC2COC2)cc(OC2CCNCC2)n1. The van der Waals surface area contributed by atoms with Gasteiger partial charge in [0.2, 0.25) is 5.88 Å². The van der Waals surface area contributed by atoms with E-state index < -0.39 is 11.9 Å². The van der Waals surface area contributed by atoms with Crippen LogP contribution < -0.4 is 15.4 Å². The third kappa shape index (κ3) is 4.55. The maximum atomic E-state index is 13.0. The van der Waals surface area contributed by atoms with Gasteiger partial charge < -0.3 is 20.1 Å². The minimum absolute atomic E-state index is 0.0494. The lowest BCUT2D eigenvalue weighted by Gasteiger charge is -2.27. The minimum Gasteiger partial charge on any atom is -0.474 e. The molecule has 128 valence electrons. The minimum atomic E-state index is -4.48. The van der Waals surface area contributed by atoms with E-state index in [-0.39, 0.29) is 18.0 Å². The first-order chi connectivity index (χ1) is 11.0. The average molecular weight is 331 g/mol. The van der Waals surface area contributed by atoms with Crippen LogP contribution in [0.1, 0.15) is 24.1 Å². The molecular weight excluding hydrogens is 311 g/mol. The van der Waals surface area contributed by atoms with Crippen molar-refractivity contribution in [3.05, 3.63) is 23.4 Å². The van der Waals surface area contributed by atoms with E-state index in [4.69, 9.17) is 9.47 Å². The highest BCUT2D eigenvalue weighted by Crippen LogP contribution is 2.30. The molecule has 2 aliphatic heterocycles. The fraction of sp³-hybridized carbons (Fsp3) is 0.667. The van der Waals surface area contributed by atoms with Gasteiger partial charge in [0.1, 0.15) is 11.8 Å². The van der Waals surface area contributed by atoms with Crippen molar-refractivity contribution in [1.29, 1.82) is 0 Å². The van der Waals surface area contributed by atoms with Crippen LogP contribution in [0.3, 0.4) is 0 Å². The van der Waals surface area contributed by atoms with Gasteiger partial charge in [0.05, 0.1) is 19.3 Å². The first-order valence-corrected chi connectivity index (χ1v) is 7.77. The topological polar surface area (TPSA) is 55.4 Å². The molecule has 0 atom stereocenters. The van der Waals surface area contributed by atoms with Crippen molar-refractivity contribution < 1.29 is 22.6 Å². The molecule has 23 heavy (non-hydrogen) atoms. The smallest absolute Gasteiger partial charge is 0.433 e. The van der Waals surface area contributed by atoms with Gasteiger partial charge in [0.25, 0.3) is 0 Å². The summed E-state index contributed by atoms with van der Waals surface area (Å²) in [5, 5.41) is 6.35. The van der Waals surface area contributed by atoms with Crippen molar-refractivity contribution in [2.75, 3.05) is 26.3 Å². The second kappa shape index (κ2) is 7.02. The second-order valence-corrected chi connectivity index (χ2v) is 5.88. The molecule has 2 aliphatic rings. The molecule has 0 amide bonds. The lowest BCUT2D eigenvalue weighted by molar-refractivity contribution is -0.141. The molecule has 0 bridgehead atoms. The predicted octanol–water partition coefficient (Wildman–Crippen LogP) is 1.72. The number of aromatic nitrogens is 1. The molecule has 1 aromatic rings. The van der Waals surface area contributed by atoms with Gasteiger partial charge in [0, 0.05) is 12.6 Å². The number of rotatable bonds is 5. The first kappa shape index (κ1) is 16.5. The first-order valence-electron chi connectivity index (χ1n) is 7.77. The average Bonchev–Trinajstić information content (AvgIpc) is 2.45. The molecule has 0 aromatic carbocycles. The number of alkyl halides is 3. The second-order valence-electron chi connectivity index (χ2n) is 5.88. The van der Waals surface area contributed by atoms with Crippen LogP contribution in [-0.4, -0.2) is 43.4 Å². The summed E-state index contributed by atoms with van der Waals surface area (Å²) in [6.07, 6.45) is -3.04. The van der Waals surface area contributed by atoms with E-state index in [9.17, 15) is 13.2 Å². The monoisotopic (exact) mass is 331 g/mol. The van der Waals surface area contributed by atoms with E-state index in [1.54, 1.807) is 6.07 Å². The lowest BCUT2D eigenvalue weighted by Crippen LogP contribution is -2.45. The van der Waals surface area contributed by atoms with Crippen molar-refractivity contribution in [2.45, 2.75) is 37.7 Å². The molecule has 0 spiro atoms. The molecule has 5 nitrogen and oxygen atoms in total. The van der Waals surface area contributed by atoms with Crippen molar-refractivity contribution in [3.8, 4) is 5.88 Å². The summed E-state index contributed by atoms with van der Waals surface area (Å²) in [5.41, 5.74) is -0.395. The Hall–Kier alpha value is -1.38. The summed E-state index contributed by atoms with van der Waals surface area (Å²) in [5.74, 6) is 0.0494. The Morgan fingerprint density at radius 1 is 1.26 bits per heavy atom. The number of piperidine rings is 1. The van der Waals surface area contributed by atoms with Crippen LogP contribution in [0, 0.1) is 0 Å². The van der Waals surface area contributed by atoms with Gasteiger partial charge >= 0.3 is 6.18 Å². The number of nitrogens with one attached hydrogen (secondary N) is 2. The summed E-state index contributed by atoms with van der Waals surface area (Å²) >= 11 is 0. The largest absolute Gasteiger partial charge is 0.474 e. The highest BCUT2D eigenvalue weighted by atomic mass is 19.4. The maximum absolute atomic E-state index is 13.0.